The number of carbonyl (C=O) groups excluding carboxylic acids is 1. The summed E-state index contributed by atoms with van der Waals surface area (Å²) in [5, 5.41) is 2.76. The van der Waals surface area contributed by atoms with Crippen molar-refractivity contribution < 1.29 is 21.6 Å². The molecule has 1 amide bonds. The number of amides is 1. The Morgan fingerprint density at radius 3 is 1.58 bits per heavy atom. The molecule has 2 aromatic carbocycles. The number of piperidine rings is 1. The van der Waals surface area contributed by atoms with Gasteiger partial charge in [-0.25, -0.2) is 16.8 Å². The number of carbonyl (C=O) groups is 1. The van der Waals surface area contributed by atoms with E-state index in [4.69, 9.17) is 0 Å². The van der Waals surface area contributed by atoms with Crippen LogP contribution in [-0.2, 0) is 31.3 Å². The lowest BCUT2D eigenvalue weighted by Gasteiger charge is -2.25. The second kappa shape index (κ2) is 9.92. The van der Waals surface area contributed by atoms with E-state index < -0.39 is 20.0 Å². The van der Waals surface area contributed by atoms with Crippen molar-refractivity contribution >= 4 is 31.6 Å². The number of sulfonamides is 2. The topological polar surface area (TPSA) is 104 Å². The summed E-state index contributed by atoms with van der Waals surface area (Å²) in [5.41, 5.74) is 1.20. The molecule has 4 rings (SSSR count). The van der Waals surface area contributed by atoms with Crippen LogP contribution in [0.2, 0.25) is 0 Å². The van der Waals surface area contributed by atoms with Crippen LogP contribution in [0.15, 0.2) is 58.3 Å². The number of hydrogen-bond acceptors (Lipinski definition) is 5. The van der Waals surface area contributed by atoms with E-state index in [2.05, 4.69) is 5.32 Å². The summed E-state index contributed by atoms with van der Waals surface area (Å²) in [7, 11) is -6.99. The molecule has 10 heteroatoms. The van der Waals surface area contributed by atoms with Gasteiger partial charge in [0, 0.05) is 31.9 Å². The van der Waals surface area contributed by atoms with Crippen LogP contribution in [0, 0.1) is 0 Å². The molecule has 2 saturated heterocycles. The van der Waals surface area contributed by atoms with Gasteiger partial charge >= 0.3 is 0 Å². The van der Waals surface area contributed by atoms with Crippen LogP contribution < -0.4 is 5.32 Å². The van der Waals surface area contributed by atoms with E-state index in [1.54, 1.807) is 36.4 Å². The number of nitrogens with one attached hydrogen (secondary N) is 1. The first-order valence-corrected chi connectivity index (χ1v) is 14.1. The highest BCUT2D eigenvalue weighted by Crippen LogP contribution is 2.23. The number of hydrogen-bond donors (Lipinski definition) is 1. The van der Waals surface area contributed by atoms with E-state index in [1.807, 2.05) is 0 Å². The third kappa shape index (κ3) is 5.46. The van der Waals surface area contributed by atoms with Crippen LogP contribution in [0.3, 0.4) is 0 Å². The van der Waals surface area contributed by atoms with E-state index in [1.165, 1.54) is 20.7 Å². The van der Waals surface area contributed by atoms with Gasteiger partial charge in [0.2, 0.25) is 26.0 Å². The first-order chi connectivity index (χ1) is 15.8. The van der Waals surface area contributed by atoms with E-state index >= 15 is 0 Å². The Kier molecular flexibility index (Phi) is 7.18. The minimum atomic E-state index is -3.50. The smallest absolute Gasteiger partial charge is 0.243 e. The van der Waals surface area contributed by atoms with Crippen molar-refractivity contribution in [1.29, 1.82) is 0 Å². The molecule has 33 heavy (non-hydrogen) atoms. The number of rotatable bonds is 7. The average Bonchev–Trinajstić information content (AvgIpc) is 3.36. The zero-order valence-corrected chi connectivity index (χ0v) is 20.1. The Morgan fingerprint density at radius 2 is 1.09 bits per heavy atom. The summed E-state index contributed by atoms with van der Waals surface area (Å²) >= 11 is 0. The van der Waals surface area contributed by atoms with Gasteiger partial charge in [0.05, 0.1) is 16.2 Å². The molecule has 2 aliphatic heterocycles. The highest BCUT2D eigenvalue weighted by atomic mass is 32.2. The first-order valence-electron chi connectivity index (χ1n) is 11.3. The largest absolute Gasteiger partial charge is 0.326 e. The number of nitrogens with zero attached hydrogens (tertiary/aromatic N) is 2. The normalized spacial score (nSPS) is 18.3. The van der Waals surface area contributed by atoms with Crippen molar-refractivity contribution in [3.8, 4) is 0 Å². The molecule has 0 saturated carbocycles. The monoisotopic (exact) mass is 491 g/mol. The van der Waals surface area contributed by atoms with Gasteiger partial charge in [0.25, 0.3) is 0 Å². The summed E-state index contributed by atoms with van der Waals surface area (Å²) < 4.78 is 53.7. The van der Waals surface area contributed by atoms with Crippen molar-refractivity contribution in [2.24, 2.45) is 0 Å². The number of anilines is 1. The lowest BCUT2D eigenvalue weighted by atomic mass is 10.1. The summed E-state index contributed by atoms with van der Waals surface area (Å²) in [4.78, 5) is 12.9. The minimum Gasteiger partial charge on any atom is -0.326 e. The molecular weight excluding hydrogens is 462 g/mol. The predicted octanol–water partition coefficient (Wildman–Crippen LogP) is 2.83. The molecule has 8 nitrogen and oxygen atoms in total. The third-order valence-corrected chi connectivity index (χ3v) is 9.91. The molecule has 2 fully saturated rings. The summed E-state index contributed by atoms with van der Waals surface area (Å²) in [5.74, 6) is -0.267. The maximum Gasteiger partial charge on any atom is 0.243 e. The van der Waals surface area contributed by atoms with Gasteiger partial charge in [-0.15, -0.1) is 0 Å². The highest BCUT2D eigenvalue weighted by molar-refractivity contribution is 7.89. The predicted molar refractivity (Wildman–Crippen MR) is 126 cm³/mol. The van der Waals surface area contributed by atoms with Crippen molar-refractivity contribution in [1.82, 2.24) is 8.61 Å². The van der Waals surface area contributed by atoms with Gasteiger partial charge in [-0.2, -0.15) is 8.61 Å². The Morgan fingerprint density at radius 1 is 0.667 bits per heavy atom. The highest BCUT2D eigenvalue weighted by Gasteiger charge is 2.27. The Bertz CT molecular complexity index is 1180. The molecular formula is C23H29N3O5S2. The Labute approximate surface area is 195 Å². The Hall–Kier alpha value is -2.27. The van der Waals surface area contributed by atoms with Crippen LogP contribution in [0.5, 0.6) is 0 Å². The van der Waals surface area contributed by atoms with E-state index in [0.717, 1.165) is 32.1 Å². The van der Waals surface area contributed by atoms with Gasteiger partial charge in [0.15, 0.2) is 0 Å². The van der Waals surface area contributed by atoms with Gasteiger partial charge < -0.3 is 5.32 Å². The fourth-order valence-corrected chi connectivity index (χ4v) is 7.25. The lowest BCUT2D eigenvalue weighted by molar-refractivity contribution is -0.115. The van der Waals surface area contributed by atoms with Gasteiger partial charge in [-0.3, -0.25) is 4.79 Å². The number of benzene rings is 2. The van der Waals surface area contributed by atoms with E-state index in [9.17, 15) is 21.6 Å². The molecule has 0 aromatic heterocycles. The summed E-state index contributed by atoms with van der Waals surface area (Å²) in [6.45, 7) is 2.17. The summed E-state index contributed by atoms with van der Waals surface area (Å²) in [6, 6.07) is 12.6. The van der Waals surface area contributed by atoms with Crippen molar-refractivity contribution in [3.05, 3.63) is 54.1 Å². The van der Waals surface area contributed by atoms with Crippen molar-refractivity contribution in [2.75, 3.05) is 31.5 Å². The van der Waals surface area contributed by atoms with E-state index in [-0.39, 0.29) is 22.1 Å². The summed E-state index contributed by atoms with van der Waals surface area (Å²) in [6.07, 6.45) is 4.64. The van der Waals surface area contributed by atoms with Crippen LogP contribution >= 0.6 is 0 Å². The zero-order chi connectivity index (χ0) is 23.5. The molecule has 1 N–H and O–H groups in total. The molecule has 0 bridgehead atoms. The van der Waals surface area contributed by atoms with Crippen molar-refractivity contribution in [3.63, 3.8) is 0 Å². The molecule has 0 unspecified atom stereocenters. The molecule has 0 atom stereocenters. The van der Waals surface area contributed by atoms with Gasteiger partial charge in [0.1, 0.15) is 0 Å². The fourth-order valence-electron chi connectivity index (χ4n) is 4.21. The zero-order valence-electron chi connectivity index (χ0n) is 18.4. The molecule has 0 aliphatic carbocycles. The van der Waals surface area contributed by atoms with Crippen LogP contribution in [0.4, 0.5) is 5.69 Å². The van der Waals surface area contributed by atoms with Crippen molar-refractivity contribution in [2.45, 2.75) is 48.3 Å². The Balaban J connectivity index is 1.36. The third-order valence-electron chi connectivity index (χ3n) is 6.08. The standard InChI is InChI=1S/C23H29N3O5S2/c27-23(24-20-8-12-22(13-9-20)33(30,31)26-16-4-5-17-26)18-19-6-10-21(11-7-19)32(28,29)25-14-2-1-3-15-25/h6-13H,1-5,14-18H2,(H,24,27). The second-order valence-corrected chi connectivity index (χ2v) is 12.3. The van der Waals surface area contributed by atoms with Gasteiger partial charge in [-0.1, -0.05) is 18.6 Å². The second-order valence-electron chi connectivity index (χ2n) is 8.47. The van der Waals surface area contributed by atoms with Crippen LogP contribution in [0.25, 0.3) is 0 Å². The molecule has 2 aliphatic rings. The molecule has 0 radical (unpaired) electrons. The van der Waals surface area contributed by atoms with Gasteiger partial charge in [-0.05, 0) is 67.6 Å². The molecule has 0 spiro atoms. The molecule has 2 heterocycles. The average molecular weight is 492 g/mol. The quantitative estimate of drug-likeness (QED) is 0.641. The lowest BCUT2D eigenvalue weighted by Crippen LogP contribution is -2.35. The fraction of sp³-hybridized carbons (Fsp3) is 0.435. The first kappa shape index (κ1) is 23.9. The maximum absolute atomic E-state index is 12.7. The maximum atomic E-state index is 12.7. The molecule has 2 aromatic rings. The van der Waals surface area contributed by atoms with Crippen LogP contribution in [-0.4, -0.2) is 57.5 Å². The molecule has 178 valence electrons. The SMILES string of the molecule is O=C(Cc1ccc(S(=O)(=O)N2CCCCC2)cc1)Nc1ccc(S(=O)(=O)N2CCCC2)cc1. The van der Waals surface area contributed by atoms with Crippen LogP contribution in [0.1, 0.15) is 37.7 Å². The van der Waals surface area contributed by atoms with E-state index in [0.29, 0.717) is 37.4 Å². The minimum absolute atomic E-state index is 0.0812.